The number of rotatable bonds is 5. The lowest BCUT2D eigenvalue weighted by atomic mass is 9.76. The van der Waals surface area contributed by atoms with Crippen LogP contribution in [0.5, 0.6) is 0 Å². The van der Waals surface area contributed by atoms with Crippen molar-refractivity contribution in [1.82, 2.24) is 0 Å². The Balaban J connectivity index is 2.46. The first-order chi connectivity index (χ1) is 9.29. The Hall–Kier alpha value is -1.20. The smallest absolute Gasteiger partial charge is 0.271 e. The lowest BCUT2D eigenvalue weighted by Crippen LogP contribution is -2.31. The van der Waals surface area contributed by atoms with Gasteiger partial charge in [-0.3, -0.25) is 4.55 Å². The zero-order valence-electron chi connectivity index (χ0n) is 12.3. The normalized spacial score (nSPS) is 22.2. The van der Waals surface area contributed by atoms with E-state index in [-0.39, 0.29) is 11.2 Å². The molecule has 1 aromatic rings. The number of fused-ring (bicyclic) bond motifs is 1. The Labute approximate surface area is 120 Å². The Morgan fingerprint density at radius 2 is 1.95 bits per heavy atom. The highest BCUT2D eigenvalue weighted by atomic mass is 32.2. The van der Waals surface area contributed by atoms with E-state index in [4.69, 9.17) is 4.55 Å². The molecule has 0 saturated carbocycles. The summed E-state index contributed by atoms with van der Waals surface area (Å²) in [4.78, 5) is 0. The zero-order chi connectivity index (χ0) is 15.0. The molecule has 1 aromatic carbocycles. The van der Waals surface area contributed by atoms with Crippen LogP contribution in [-0.4, -0.2) is 35.6 Å². The van der Waals surface area contributed by atoms with Crippen LogP contribution in [0.15, 0.2) is 24.3 Å². The SMILES string of the molecule is CCCC1(C)C(C)=[N+](CCS(=O)(=O)O)c2ccccc21. The molecule has 0 radical (unpaired) electrons. The van der Waals surface area contributed by atoms with Gasteiger partial charge >= 0.3 is 0 Å². The van der Waals surface area contributed by atoms with Gasteiger partial charge in [0.1, 0.15) is 5.75 Å². The van der Waals surface area contributed by atoms with Crippen molar-refractivity contribution in [2.24, 2.45) is 0 Å². The first-order valence-electron chi connectivity index (χ1n) is 6.96. The molecule has 0 amide bonds. The van der Waals surface area contributed by atoms with Gasteiger partial charge < -0.3 is 0 Å². The minimum Gasteiger partial charge on any atom is -0.285 e. The number of hydrogen-bond acceptors (Lipinski definition) is 2. The zero-order valence-corrected chi connectivity index (χ0v) is 13.1. The van der Waals surface area contributed by atoms with E-state index in [9.17, 15) is 8.42 Å². The molecule has 1 N–H and O–H groups in total. The third-order valence-electron chi connectivity index (χ3n) is 4.32. The van der Waals surface area contributed by atoms with Crippen molar-refractivity contribution < 1.29 is 17.5 Å². The number of hydrogen-bond donors (Lipinski definition) is 1. The van der Waals surface area contributed by atoms with Crippen LogP contribution in [0.4, 0.5) is 5.69 Å². The van der Waals surface area contributed by atoms with Gasteiger partial charge in [0.2, 0.25) is 5.69 Å². The van der Waals surface area contributed by atoms with Gasteiger partial charge in [0.25, 0.3) is 10.1 Å². The molecule has 5 heteroatoms. The van der Waals surface area contributed by atoms with Crippen molar-refractivity contribution in [3.63, 3.8) is 0 Å². The molecule has 1 aliphatic rings. The van der Waals surface area contributed by atoms with Crippen LogP contribution in [0.2, 0.25) is 0 Å². The van der Waals surface area contributed by atoms with Crippen LogP contribution in [0.25, 0.3) is 0 Å². The average Bonchev–Trinajstić information content (AvgIpc) is 2.57. The van der Waals surface area contributed by atoms with Gasteiger partial charge in [0, 0.05) is 18.6 Å². The topological polar surface area (TPSA) is 57.4 Å². The van der Waals surface area contributed by atoms with Crippen molar-refractivity contribution in [1.29, 1.82) is 0 Å². The van der Waals surface area contributed by atoms with Crippen molar-refractivity contribution in [3.05, 3.63) is 29.8 Å². The Kier molecular flexibility index (Phi) is 4.02. The average molecular weight is 296 g/mol. The maximum atomic E-state index is 11.0. The van der Waals surface area contributed by atoms with Gasteiger partial charge in [-0.2, -0.15) is 13.0 Å². The summed E-state index contributed by atoms with van der Waals surface area (Å²) in [5.74, 6) is -0.249. The van der Waals surface area contributed by atoms with Crippen LogP contribution in [-0.2, 0) is 15.5 Å². The molecule has 0 fully saturated rings. The van der Waals surface area contributed by atoms with E-state index in [2.05, 4.69) is 26.8 Å². The molecule has 0 aliphatic carbocycles. The molecule has 1 atom stereocenters. The fraction of sp³-hybridized carbons (Fsp3) is 0.533. The summed E-state index contributed by atoms with van der Waals surface area (Å²) in [5.41, 5.74) is 3.41. The van der Waals surface area contributed by atoms with Crippen LogP contribution in [0, 0.1) is 0 Å². The van der Waals surface area contributed by atoms with Crippen molar-refractivity contribution in [2.75, 3.05) is 12.3 Å². The van der Waals surface area contributed by atoms with Crippen molar-refractivity contribution in [2.45, 2.75) is 39.0 Å². The molecule has 1 unspecified atom stereocenters. The van der Waals surface area contributed by atoms with E-state index < -0.39 is 10.1 Å². The summed E-state index contributed by atoms with van der Waals surface area (Å²) in [6.45, 7) is 6.71. The highest BCUT2D eigenvalue weighted by molar-refractivity contribution is 7.85. The van der Waals surface area contributed by atoms with Crippen molar-refractivity contribution in [3.8, 4) is 0 Å². The molecule has 20 heavy (non-hydrogen) atoms. The lowest BCUT2D eigenvalue weighted by molar-refractivity contribution is -0.433. The summed E-state index contributed by atoms with van der Waals surface area (Å²) in [6, 6.07) is 8.11. The van der Waals surface area contributed by atoms with Gasteiger partial charge in [-0.05, 0) is 13.3 Å². The standard InChI is InChI=1S/C15H21NO3S/c1-4-9-15(3)12(2)16(10-11-20(17,18)19)14-8-6-5-7-13(14)15/h5-8H,4,9-11H2,1-3H3/p+1. The summed E-state index contributed by atoms with van der Waals surface area (Å²) in [5, 5.41) is 0. The third-order valence-corrected chi connectivity index (χ3v) is 5.01. The molecule has 2 rings (SSSR count). The molecule has 1 aliphatic heterocycles. The van der Waals surface area contributed by atoms with Crippen molar-refractivity contribution >= 4 is 21.5 Å². The van der Waals surface area contributed by atoms with E-state index in [0.29, 0.717) is 6.54 Å². The second-order valence-electron chi connectivity index (χ2n) is 5.62. The summed E-state index contributed by atoms with van der Waals surface area (Å²) < 4.78 is 33.0. The predicted octanol–water partition coefficient (Wildman–Crippen LogP) is 2.75. The minimum absolute atomic E-state index is 0.0510. The van der Waals surface area contributed by atoms with Gasteiger partial charge in [0.15, 0.2) is 12.3 Å². The summed E-state index contributed by atoms with van der Waals surface area (Å²) >= 11 is 0. The second kappa shape index (κ2) is 5.30. The molecular weight excluding hydrogens is 274 g/mol. The molecular formula is C15H22NO3S+. The van der Waals surface area contributed by atoms with Gasteiger partial charge in [-0.15, -0.1) is 0 Å². The van der Waals surface area contributed by atoms with E-state index in [1.807, 2.05) is 22.8 Å². The largest absolute Gasteiger partial charge is 0.285 e. The highest BCUT2D eigenvalue weighted by Crippen LogP contribution is 2.42. The highest BCUT2D eigenvalue weighted by Gasteiger charge is 2.45. The van der Waals surface area contributed by atoms with Crippen LogP contribution >= 0.6 is 0 Å². The molecule has 0 aromatic heterocycles. The van der Waals surface area contributed by atoms with E-state index in [1.165, 1.54) is 5.56 Å². The maximum Gasteiger partial charge on any atom is 0.271 e. The summed E-state index contributed by atoms with van der Waals surface area (Å²) in [6.07, 6.45) is 2.09. The first kappa shape index (κ1) is 15.2. The molecule has 1 heterocycles. The molecule has 0 saturated heterocycles. The lowest BCUT2D eigenvalue weighted by Gasteiger charge is -2.21. The number of para-hydroxylation sites is 1. The first-order valence-corrected chi connectivity index (χ1v) is 8.57. The second-order valence-corrected chi connectivity index (χ2v) is 7.19. The maximum absolute atomic E-state index is 11.0. The van der Waals surface area contributed by atoms with Gasteiger partial charge in [0.05, 0.1) is 5.41 Å². The Morgan fingerprint density at radius 3 is 2.55 bits per heavy atom. The van der Waals surface area contributed by atoms with Crippen LogP contribution in [0.1, 0.15) is 39.2 Å². The summed E-state index contributed by atoms with van der Waals surface area (Å²) in [7, 11) is -3.94. The third kappa shape index (κ3) is 2.65. The van der Waals surface area contributed by atoms with Gasteiger partial charge in [-0.25, -0.2) is 0 Å². The van der Waals surface area contributed by atoms with E-state index in [1.54, 1.807) is 0 Å². The van der Waals surface area contributed by atoms with E-state index >= 15 is 0 Å². The van der Waals surface area contributed by atoms with Crippen LogP contribution in [0.3, 0.4) is 0 Å². The quantitative estimate of drug-likeness (QED) is 0.671. The van der Waals surface area contributed by atoms with Gasteiger partial charge in [-0.1, -0.05) is 31.5 Å². The monoisotopic (exact) mass is 296 g/mol. The molecule has 0 bridgehead atoms. The molecule has 4 nitrogen and oxygen atoms in total. The molecule has 0 spiro atoms. The fourth-order valence-corrected chi connectivity index (χ4v) is 3.57. The Bertz CT molecular complexity index is 649. The minimum atomic E-state index is -3.94. The molecule has 110 valence electrons. The number of nitrogens with zero attached hydrogens (tertiary/aromatic N) is 1. The predicted molar refractivity (Wildman–Crippen MR) is 80.6 cm³/mol. The van der Waals surface area contributed by atoms with Crippen LogP contribution < -0.4 is 0 Å². The fourth-order valence-electron chi connectivity index (χ4n) is 3.16. The Morgan fingerprint density at radius 1 is 1.30 bits per heavy atom. The number of benzene rings is 1. The van der Waals surface area contributed by atoms with E-state index in [0.717, 1.165) is 24.2 Å².